The summed E-state index contributed by atoms with van der Waals surface area (Å²) < 4.78 is 13.3. The molecular formula is C12H10FNO3. The van der Waals surface area contributed by atoms with Crippen molar-refractivity contribution in [1.29, 1.82) is 0 Å². The maximum absolute atomic E-state index is 13.3. The zero-order valence-electron chi connectivity index (χ0n) is 8.89. The molecule has 0 radical (unpaired) electrons. The fourth-order valence-electron chi connectivity index (χ4n) is 1.28. The van der Waals surface area contributed by atoms with Crippen LogP contribution in [0.3, 0.4) is 0 Å². The summed E-state index contributed by atoms with van der Waals surface area (Å²) in [5.41, 5.74) is -0.191. The van der Waals surface area contributed by atoms with Crippen molar-refractivity contribution in [2.45, 2.75) is 0 Å². The number of amides is 1. The summed E-state index contributed by atoms with van der Waals surface area (Å²) in [4.78, 5) is 23.3. The summed E-state index contributed by atoms with van der Waals surface area (Å²) in [6, 6.07) is 5.34. The van der Waals surface area contributed by atoms with Crippen molar-refractivity contribution in [3.63, 3.8) is 0 Å². The van der Waals surface area contributed by atoms with E-state index in [4.69, 9.17) is 11.5 Å². The molecule has 1 rings (SSSR count). The van der Waals surface area contributed by atoms with E-state index in [1.807, 2.05) is 0 Å². The van der Waals surface area contributed by atoms with Gasteiger partial charge in [-0.05, 0) is 12.1 Å². The molecule has 0 aliphatic rings. The van der Waals surface area contributed by atoms with Crippen LogP contribution >= 0.6 is 0 Å². The van der Waals surface area contributed by atoms with Gasteiger partial charge in [0.05, 0.1) is 12.1 Å². The van der Waals surface area contributed by atoms with Crippen molar-refractivity contribution in [3.8, 4) is 12.3 Å². The van der Waals surface area contributed by atoms with E-state index in [2.05, 4.69) is 5.92 Å². The topological polar surface area (TPSA) is 57.6 Å². The van der Waals surface area contributed by atoms with Gasteiger partial charge in [-0.1, -0.05) is 18.1 Å². The van der Waals surface area contributed by atoms with Gasteiger partial charge in [-0.25, -0.2) is 4.39 Å². The van der Waals surface area contributed by atoms with Gasteiger partial charge in [-0.3, -0.25) is 9.59 Å². The van der Waals surface area contributed by atoms with E-state index < -0.39 is 24.2 Å². The number of carbonyl (C=O) groups excluding carboxylic acids is 1. The highest BCUT2D eigenvalue weighted by Gasteiger charge is 2.20. The zero-order valence-corrected chi connectivity index (χ0v) is 8.89. The normalized spacial score (nSPS) is 9.41. The minimum absolute atomic E-state index is 0.181. The lowest BCUT2D eigenvalue weighted by atomic mass is 10.2. The highest BCUT2D eigenvalue weighted by atomic mass is 19.1. The van der Waals surface area contributed by atoms with Gasteiger partial charge in [0.15, 0.2) is 0 Å². The molecule has 0 saturated heterocycles. The van der Waals surface area contributed by atoms with Crippen LogP contribution in [0.5, 0.6) is 0 Å². The molecule has 1 amide bonds. The summed E-state index contributed by atoms with van der Waals surface area (Å²) in [7, 11) is 0. The van der Waals surface area contributed by atoms with Crippen LogP contribution in [0.4, 0.5) is 4.39 Å². The predicted molar refractivity (Wildman–Crippen MR) is 58.8 cm³/mol. The monoisotopic (exact) mass is 235 g/mol. The molecule has 5 heteroatoms. The molecule has 0 saturated carbocycles. The molecular weight excluding hydrogens is 225 g/mol. The first-order valence-electron chi connectivity index (χ1n) is 4.75. The first-order valence-corrected chi connectivity index (χ1v) is 4.75. The van der Waals surface area contributed by atoms with E-state index in [0.717, 1.165) is 11.0 Å². The highest BCUT2D eigenvalue weighted by molar-refractivity contribution is 5.96. The van der Waals surface area contributed by atoms with Gasteiger partial charge in [-0.2, -0.15) is 0 Å². The maximum Gasteiger partial charge on any atom is 0.323 e. The fraction of sp³-hybridized carbons (Fsp3) is 0.167. The molecule has 0 spiro atoms. The summed E-state index contributed by atoms with van der Waals surface area (Å²) >= 11 is 0. The van der Waals surface area contributed by atoms with Crippen molar-refractivity contribution >= 4 is 11.9 Å². The number of rotatable bonds is 4. The van der Waals surface area contributed by atoms with Gasteiger partial charge in [0.1, 0.15) is 12.4 Å². The SMILES string of the molecule is C#CCN(CC(=O)O)C(=O)c1ccccc1F. The summed E-state index contributed by atoms with van der Waals surface area (Å²) in [6.45, 7) is -0.739. The van der Waals surface area contributed by atoms with E-state index in [1.165, 1.54) is 18.2 Å². The fourth-order valence-corrected chi connectivity index (χ4v) is 1.28. The zero-order chi connectivity index (χ0) is 12.8. The Hall–Kier alpha value is -2.35. The van der Waals surface area contributed by atoms with Crippen LogP contribution in [0, 0.1) is 18.2 Å². The molecule has 0 heterocycles. The minimum Gasteiger partial charge on any atom is -0.480 e. The predicted octanol–water partition coefficient (Wildman–Crippen LogP) is 0.986. The maximum atomic E-state index is 13.3. The van der Waals surface area contributed by atoms with Crippen LogP contribution in [-0.2, 0) is 4.79 Å². The van der Waals surface area contributed by atoms with E-state index in [1.54, 1.807) is 0 Å². The number of carboxylic acid groups (broad SMARTS) is 1. The van der Waals surface area contributed by atoms with Crippen LogP contribution in [0.15, 0.2) is 24.3 Å². The van der Waals surface area contributed by atoms with Gasteiger partial charge in [0.2, 0.25) is 0 Å². The molecule has 0 atom stereocenters. The average Bonchev–Trinajstić information content (AvgIpc) is 2.28. The third kappa shape index (κ3) is 3.31. The van der Waals surface area contributed by atoms with Gasteiger partial charge >= 0.3 is 5.97 Å². The highest BCUT2D eigenvalue weighted by Crippen LogP contribution is 2.09. The summed E-state index contributed by atoms with van der Waals surface area (Å²) in [6.07, 6.45) is 5.03. The molecule has 1 N–H and O–H groups in total. The second-order valence-electron chi connectivity index (χ2n) is 3.24. The lowest BCUT2D eigenvalue weighted by Crippen LogP contribution is -2.36. The molecule has 1 aromatic carbocycles. The lowest BCUT2D eigenvalue weighted by Gasteiger charge is -2.18. The van der Waals surface area contributed by atoms with Crippen molar-refractivity contribution in [2.24, 2.45) is 0 Å². The van der Waals surface area contributed by atoms with Crippen LogP contribution in [0.25, 0.3) is 0 Å². The summed E-state index contributed by atoms with van der Waals surface area (Å²) in [5, 5.41) is 8.62. The second-order valence-corrected chi connectivity index (χ2v) is 3.24. The Morgan fingerprint density at radius 2 is 2.06 bits per heavy atom. The third-order valence-electron chi connectivity index (χ3n) is 2.00. The number of halogens is 1. The summed E-state index contributed by atoms with van der Waals surface area (Å²) in [5.74, 6) is -0.478. The number of aliphatic carboxylic acids is 1. The van der Waals surface area contributed by atoms with E-state index in [9.17, 15) is 14.0 Å². The number of nitrogens with zero attached hydrogens (tertiary/aromatic N) is 1. The molecule has 1 aromatic rings. The van der Waals surface area contributed by atoms with Gasteiger partial charge in [-0.15, -0.1) is 6.42 Å². The van der Waals surface area contributed by atoms with Crippen LogP contribution in [0.1, 0.15) is 10.4 Å². The number of carboxylic acids is 1. The van der Waals surface area contributed by atoms with Crippen molar-refractivity contribution in [1.82, 2.24) is 4.90 Å². The number of carbonyl (C=O) groups is 2. The van der Waals surface area contributed by atoms with E-state index >= 15 is 0 Å². The van der Waals surface area contributed by atoms with Crippen LogP contribution < -0.4 is 0 Å². The first-order chi connectivity index (χ1) is 8.06. The Bertz CT molecular complexity index is 479. The molecule has 0 aromatic heterocycles. The van der Waals surface area contributed by atoms with Crippen molar-refractivity contribution in [2.75, 3.05) is 13.1 Å². The van der Waals surface area contributed by atoms with Crippen molar-refractivity contribution in [3.05, 3.63) is 35.6 Å². The molecule has 0 aliphatic carbocycles. The number of terminal acetylenes is 1. The van der Waals surface area contributed by atoms with Gasteiger partial charge in [0.25, 0.3) is 5.91 Å². The minimum atomic E-state index is -1.20. The van der Waals surface area contributed by atoms with Crippen LogP contribution in [-0.4, -0.2) is 35.0 Å². The Balaban J connectivity index is 2.96. The smallest absolute Gasteiger partial charge is 0.323 e. The van der Waals surface area contributed by atoms with Crippen LogP contribution in [0.2, 0.25) is 0 Å². The number of hydrogen-bond donors (Lipinski definition) is 1. The van der Waals surface area contributed by atoms with Crippen molar-refractivity contribution < 1.29 is 19.1 Å². The molecule has 4 nitrogen and oxygen atoms in total. The number of benzene rings is 1. The Kier molecular flexibility index (Phi) is 4.23. The Morgan fingerprint density at radius 3 is 2.59 bits per heavy atom. The molecule has 88 valence electrons. The number of hydrogen-bond acceptors (Lipinski definition) is 2. The van der Waals surface area contributed by atoms with Gasteiger partial charge in [0, 0.05) is 0 Å². The molecule has 0 bridgehead atoms. The first kappa shape index (κ1) is 12.7. The third-order valence-corrected chi connectivity index (χ3v) is 2.00. The Morgan fingerprint density at radius 1 is 1.41 bits per heavy atom. The standard InChI is InChI=1S/C12H10FNO3/c1-2-7-14(8-11(15)16)12(17)9-5-3-4-6-10(9)13/h1,3-6H,7-8H2,(H,15,16). The van der Waals surface area contributed by atoms with E-state index in [-0.39, 0.29) is 12.1 Å². The van der Waals surface area contributed by atoms with E-state index in [0.29, 0.717) is 0 Å². The quantitative estimate of drug-likeness (QED) is 0.791. The molecule has 17 heavy (non-hydrogen) atoms. The molecule has 0 unspecified atom stereocenters. The molecule has 0 fully saturated rings. The van der Waals surface area contributed by atoms with Gasteiger partial charge < -0.3 is 10.0 Å². The molecule has 0 aliphatic heterocycles. The second kappa shape index (κ2) is 5.66. The Labute approximate surface area is 97.7 Å². The lowest BCUT2D eigenvalue weighted by molar-refractivity contribution is -0.137. The largest absolute Gasteiger partial charge is 0.480 e. The average molecular weight is 235 g/mol.